The van der Waals surface area contributed by atoms with E-state index in [1.165, 1.54) is 0 Å². The van der Waals surface area contributed by atoms with Gasteiger partial charge >= 0.3 is 0 Å². The van der Waals surface area contributed by atoms with Gasteiger partial charge in [-0.3, -0.25) is 0 Å². The molecule has 2 nitrogen and oxygen atoms in total. The van der Waals surface area contributed by atoms with Crippen LogP contribution in [-0.4, -0.2) is 9.55 Å². The number of para-hydroxylation sites is 2. The normalized spacial score (nSPS) is 12.7. The Balaban J connectivity index is 2.19. The van der Waals surface area contributed by atoms with Gasteiger partial charge in [0.15, 0.2) is 4.77 Å². The first kappa shape index (κ1) is 12.5. The molecular weight excluding hydrogens is 276 g/mol. The fraction of sp³-hybridized carbons (Fsp3) is 0.133. The summed E-state index contributed by atoms with van der Waals surface area (Å²) in [6, 6.07) is 16.2. The Labute approximate surface area is 121 Å². The summed E-state index contributed by atoms with van der Waals surface area (Å²) in [7, 11) is 0. The lowest BCUT2D eigenvalue weighted by molar-refractivity contribution is 0.649. The smallest absolute Gasteiger partial charge is 0.178 e. The molecule has 0 amide bonds. The number of fused-ring (bicyclic) bond motifs is 1. The van der Waals surface area contributed by atoms with E-state index < -0.39 is 0 Å². The topological polar surface area (TPSA) is 20.7 Å². The van der Waals surface area contributed by atoms with Crippen molar-refractivity contribution in [2.24, 2.45) is 0 Å². The lowest BCUT2D eigenvalue weighted by Crippen LogP contribution is -2.06. The average Bonchev–Trinajstić information content (AvgIpc) is 2.74. The van der Waals surface area contributed by atoms with Crippen LogP contribution in [0.5, 0.6) is 0 Å². The SMILES string of the molecule is CC(c1cccc(Cl)c1)n1c(=S)[nH]c2ccccc21. The van der Waals surface area contributed by atoms with E-state index in [-0.39, 0.29) is 6.04 Å². The highest BCUT2D eigenvalue weighted by atomic mass is 35.5. The number of aromatic amines is 1. The molecule has 0 aliphatic rings. The van der Waals surface area contributed by atoms with Crippen molar-refractivity contribution in [3.8, 4) is 0 Å². The van der Waals surface area contributed by atoms with Crippen LogP contribution in [0.2, 0.25) is 5.02 Å². The number of halogens is 1. The van der Waals surface area contributed by atoms with E-state index in [0.717, 1.165) is 26.4 Å². The van der Waals surface area contributed by atoms with Gasteiger partial charge < -0.3 is 9.55 Å². The number of H-pyrrole nitrogens is 1. The number of nitrogens with zero attached hydrogens (tertiary/aromatic N) is 1. The Morgan fingerprint density at radius 1 is 1.16 bits per heavy atom. The summed E-state index contributed by atoms with van der Waals surface area (Å²) in [5.74, 6) is 0. The maximum absolute atomic E-state index is 6.07. The van der Waals surface area contributed by atoms with Crippen molar-refractivity contribution in [2.75, 3.05) is 0 Å². The minimum atomic E-state index is 0.141. The predicted molar refractivity (Wildman–Crippen MR) is 82.4 cm³/mol. The van der Waals surface area contributed by atoms with Crippen molar-refractivity contribution in [2.45, 2.75) is 13.0 Å². The molecule has 0 fully saturated rings. The lowest BCUT2D eigenvalue weighted by Gasteiger charge is -2.15. The highest BCUT2D eigenvalue weighted by Gasteiger charge is 2.12. The fourth-order valence-corrected chi connectivity index (χ4v) is 2.94. The standard InChI is InChI=1S/C15H13ClN2S/c1-10(11-5-4-6-12(16)9-11)18-14-8-3-2-7-13(14)17-15(18)19/h2-10H,1H3,(H,17,19). The van der Waals surface area contributed by atoms with Gasteiger partial charge in [-0.25, -0.2) is 0 Å². The minimum Gasteiger partial charge on any atom is -0.331 e. The van der Waals surface area contributed by atoms with E-state index in [0.29, 0.717) is 0 Å². The van der Waals surface area contributed by atoms with Crippen molar-refractivity contribution in [1.29, 1.82) is 0 Å². The Morgan fingerprint density at radius 2 is 1.95 bits per heavy atom. The molecule has 0 bridgehead atoms. The number of nitrogens with one attached hydrogen (secondary N) is 1. The molecule has 0 radical (unpaired) electrons. The van der Waals surface area contributed by atoms with Crippen LogP contribution < -0.4 is 0 Å². The summed E-state index contributed by atoms with van der Waals surface area (Å²) in [5, 5.41) is 0.746. The van der Waals surface area contributed by atoms with Crippen molar-refractivity contribution in [3.63, 3.8) is 0 Å². The van der Waals surface area contributed by atoms with Crippen LogP contribution in [0.4, 0.5) is 0 Å². The van der Waals surface area contributed by atoms with E-state index in [4.69, 9.17) is 23.8 Å². The van der Waals surface area contributed by atoms with Gasteiger partial charge in [-0.1, -0.05) is 35.9 Å². The third-order valence-electron chi connectivity index (χ3n) is 3.34. The second-order valence-corrected chi connectivity index (χ2v) is 5.37. The second-order valence-electron chi connectivity index (χ2n) is 4.55. The van der Waals surface area contributed by atoms with Gasteiger partial charge in [0.1, 0.15) is 0 Å². The Bertz CT molecular complexity index is 788. The summed E-state index contributed by atoms with van der Waals surface area (Å²) in [6.45, 7) is 2.13. The monoisotopic (exact) mass is 288 g/mol. The molecule has 0 aliphatic carbocycles. The summed E-state index contributed by atoms with van der Waals surface area (Å²) in [4.78, 5) is 3.24. The van der Waals surface area contributed by atoms with Crippen LogP contribution >= 0.6 is 23.8 Å². The zero-order chi connectivity index (χ0) is 13.4. The Kier molecular flexibility index (Phi) is 3.17. The highest BCUT2D eigenvalue weighted by molar-refractivity contribution is 7.71. The van der Waals surface area contributed by atoms with Crippen molar-refractivity contribution < 1.29 is 0 Å². The highest BCUT2D eigenvalue weighted by Crippen LogP contribution is 2.25. The van der Waals surface area contributed by atoms with E-state index in [2.05, 4.69) is 28.6 Å². The molecule has 3 rings (SSSR count). The molecule has 19 heavy (non-hydrogen) atoms. The second kappa shape index (κ2) is 4.83. The number of hydrogen-bond donors (Lipinski definition) is 1. The molecule has 4 heteroatoms. The van der Waals surface area contributed by atoms with Crippen LogP contribution in [0.25, 0.3) is 11.0 Å². The number of hydrogen-bond acceptors (Lipinski definition) is 1. The Hall–Kier alpha value is -1.58. The first-order chi connectivity index (χ1) is 9.16. The molecule has 3 aromatic rings. The summed E-state index contributed by atoms with van der Waals surface area (Å²) >= 11 is 11.5. The van der Waals surface area contributed by atoms with Crippen LogP contribution in [0.3, 0.4) is 0 Å². The summed E-state index contributed by atoms with van der Waals surface area (Å²) < 4.78 is 2.85. The van der Waals surface area contributed by atoms with E-state index in [9.17, 15) is 0 Å². The van der Waals surface area contributed by atoms with Gasteiger partial charge in [0, 0.05) is 5.02 Å². The van der Waals surface area contributed by atoms with Crippen LogP contribution in [0.15, 0.2) is 48.5 Å². The molecule has 0 saturated heterocycles. The molecule has 1 heterocycles. The quantitative estimate of drug-likeness (QED) is 0.661. The molecule has 0 spiro atoms. The van der Waals surface area contributed by atoms with Gasteiger partial charge in [0.2, 0.25) is 0 Å². The molecule has 1 N–H and O–H groups in total. The van der Waals surface area contributed by atoms with Gasteiger partial charge in [0.25, 0.3) is 0 Å². The molecule has 2 aromatic carbocycles. The predicted octanol–water partition coefficient (Wildman–Crippen LogP) is 4.96. The number of rotatable bonds is 2. The fourth-order valence-electron chi connectivity index (χ4n) is 2.37. The molecule has 1 unspecified atom stereocenters. The maximum atomic E-state index is 6.07. The van der Waals surface area contributed by atoms with E-state index in [1.54, 1.807) is 0 Å². The van der Waals surface area contributed by atoms with Crippen molar-refractivity contribution in [3.05, 3.63) is 63.9 Å². The number of imidazole rings is 1. The summed E-state index contributed by atoms with van der Waals surface area (Å²) in [6.07, 6.45) is 0. The molecule has 0 saturated carbocycles. The first-order valence-corrected chi connectivity index (χ1v) is 6.90. The van der Waals surface area contributed by atoms with Gasteiger partial charge in [-0.15, -0.1) is 0 Å². The van der Waals surface area contributed by atoms with Gasteiger partial charge in [-0.2, -0.15) is 0 Å². The number of benzene rings is 2. The van der Waals surface area contributed by atoms with E-state index >= 15 is 0 Å². The summed E-state index contributed by atoms with van der Waals surface area (Å²) in [5.41, 5.74) is 3.31. The zero-order valence-electron chi connectivity index (χ0n) is 10.4. The van der Waals surface area contributed by atoms with E-state index in [1.807, 2.05) is 36.4 Å². The van der Waals surface area contributed by atoms with Gasteiger partial charge in [-0.05, 0) is 49.0 Å². The van der Waals surface area contributed by atoms with Crippen molar-refractivity contribution >= 4 is 34.9 Å². The van der Waals surface area contributed by atoms with Crippen LogP contribution in [-0.2, 0) is 0 Å². The Morgan fingerprint density at radius 3 is 2.74 bits per heavy atom. The van der Waals surface area contributed by atoms with Gasteiger partial charge in [0.05, 0.1) is 17.1 Å². The molecule has 96 valence electrons. The molecule has 0 aliphatic heterocycles. The molecule has 1 atom stereocenters. The average molecular weight is 289 g/mol. The molecule has 1 aromatic heterocycles. The minimum absolute atomic E-state index is 0.141. The van der Waals surface area contributed by atoms with Crippen LogP contribution in [0, 0.1) is 4.77 Å². The molecular formula is C15H13ClN2S. The van der Waals surface area contributed by atoms with Crippen LogP contribution in [0.1, 0.15) is 18.5 Å². The third kappa shape index (κ3) is 2.20. The zero-order valence-corrected chi connectivity index (χ0v) is 12.0. The maximum Gasteiger partial charge on any atom is 0.178 e. The largest absolute Gasteiger partial charge is 0.331 e. The first-order valence-electron chi connectivity index (χ1n) is 6.11. The lowest BCUT2D eigenvalue weighted by atomic mass is 10.1. The van der Waals surface area contributed by atoms with Crippen molar-refractivity contribution in [1.82, 2.24) is 9.55 Å². The number of aromatic nitrogens is 2. The third-order valence-corrected chi connectivity index (χ3v) is 3.88.